The van der Waals surface area contributed by atoms with E-state index in [-0.39, 0.29) is 18.3 Å². The Balaban J connectivity index is 1.65. The first-order valence-electron chi connectivity index (χ1n) is 10.0. The summed E-state index contributed by atoms with van der Waals surface area (Å²) in [6.45, 7) is 4.74. The zero-order valence-corrected chi connectivity index (χ0v) is 18.0. The number of rotatable bonds is 7. The van der Waals surface area contributed by atoms with Gasteiger partial charge in [0, 0.05) is 10.9 Å². The van der Waals surface area contributed by atoms with Crippen LogP contribution < -0.4 is 10.1 Å². The minimum Gasteiger partial charge on any atom is -0.494 e. The van der Waals surface area contributed by atoms with E-state index in [4.69, 9.17) is 9.47 Å². The fraction of sp³-hybridized carbons (Fsp3) is 0.500. The fourth-order valence-corrected chi connectivity index (χ4v) is 4.51. The van der Waals surface area contributed by atoms with Crippen molar-refractivity contribution in [3.8, 4) is 16.3 Å². The number of nitrogens with zero attached hydrogens (tertiary/aromatic N) is 1. The minimum atomic E-state index is -0.910. The van der Waals surface area contributed by atoms with Crippen molar-refractivity contribution in [1.29, 1.82) is 0 Å². The van der Waals surface area contributed by atoms with Gasteiger partial charge in [0.05, 0.1) is 25.8 Å². The summed E-state index contributed by atoms with van der Waals surface area (Å²) < 4.78 is 10.5. The summed E-state index contributed by atoms with van der Waals surface area (Å²) in [5, 5.41) is 5.70. The maximum absolute atomic E-state index is 12.7. The van der Waals surface area contributed by atoms with Gasteiger partial charge in [0.2, 0.25) is 5.91 Å². The summed E-state index contributed by atoms with van der Waals surface area (Å²) in [6, 6.07) is 7.75. The first-order chi connectivity index (χ1) is 14.0. The van der Waals surface area contributed by atoms with Crippen LogP contribution in [-0.4, -0.2) is 36.1 Å². The van der Waals surface area contributed by atoms with E-state index in [2.05, 4.69) is 17.2 Å². The lowest BCUT2D eigenvalue weighted by molar-refractivity contribution is -0.153. The van der Waals surface area contributed by atoms with E-state index in [1.807, 2.05) is 36.6 Å². The molecular weight excluding hydrogens is 388 g/mol. The molecule has 0 bridgehead atoms. The predicted molar refractivity (Wildman–Crippen MR) is 113 cm³/mol. The molecule has 2 aromatic rings. The largest absolute Gasteiger partial charge is 0.494 e. The van der Waals surface area contributed by atoms with Crippen molar-refractivity contribution in [2.45, 2.75) is 51.5 Å². The van der Waals surface area contributed by atoms with Gasteiger partial charge in [-0.15, -0.1) is 11.3 Å². The first-order valence-corrected chi connectivity index (χ1v) is 10.9. The van der Waals surface area contributed by atoms with Gasteiger partial charge in [0.1, 0.15) is 16.3 Å². The molecule has 1 aromatic carbocycles. The van der Waals surface area contributed by atoms with Crippen LogP contribution in [0.3, 0.4) is 0 Å². The number of hydrogen-bond donors (Lipinski definition) is 1. The SMILES string of the molecule is CCOc1ccc(-c2nc(CC(=O)NC3(C(=O)OC)CCC(C)CC3)cs2)cc1. The number of hydrogen-bond acceptors (Lipinski definition) is 6. The van der Waals surface area contributed by atoms with Crippen LogP contribution in [0.4, 0.5) is 0 Å². The smallest absolute Gasteiger partial charge is 0.331 e. The number of ether oxygens (including phenoxy) is 2. The van der Waals surface area contributed by atoms with Crippen LogP contribution in [0, 0.1) is 5.92 Å². The number of methoxy groups -OCH3 is 1. The second-order valence-corrected chi connectivity index (χ2v) is 8.44. The zero-order chi connectivity index (χ0) is 20.9. The van der Waals surface area contributed by atoms with Gasteiger partial charge >= 0.3 is 5.97 Å². The molecule has 3 rings (SSSR count). The van der Waals surface area contributed by atoms with Gasteiger partial charge in [-0.2, -0.15) is 0 Å². The molecule has 1 aliphatic rings. The third-order valence-electron chi connectivity index (χ3n) is 5.39. The average Bonchev–Trinajstić information content (AvgIpc) is 3.18. The Bertz CT molecular complexity index is 839. The van der Waals surface area contributed by atoms with Crippen molar-refractivity contribution < 1.29 is 19.1 Å². The highest BCUT2D eigenvalue weighted by Gasteiger charge is 2.43. The molecule has 0 unspecified atom stereocenters. The van der Waals surface area contributed by atoms with Crippen molar-refractivity contribution in [2.24, 2.45) is 5.92 Å². The molecule has 1 amide bonds. The summed E-state index contributed by atoms with van der Waals surface area (Å²) in [5.74, 6) is 0.821. The zero-order valence-electron chi connectivity index (χ0n) is 17.2. The first kappa shape index (κ1) is 21.3. The number of amides is 1. The van der Waals surface area contributed by atoms with Crippen molar-refractivity contribution in [3.05, 3.63) is 35.3 Å². The van der Waals surface area contributed by atoms with E-state index in [0.29, 0.717) is 31.1 Å². The molecule has 7 heteroatoms. The van der Waals surface area contributed by atoms with Crippen molar-refractivity contribution in [2.75, 3.05) is 13.7 Å². The van der Waals surface area contributed by atoms with Crippen LogP contribution in [0.2, 0.25) is 0 Å². The monoisotopic (exact) mass is 416 g/mol. The highest BCUT2D eigenvalue weighted by Crippen LogP contribution is 2.33. The number of thiazole rings is 1. The number of carbonyl (C=O) groups is 2. The van der Waals surface area contributed by atoms with Crippen LogP contribution in [0.1, 0.15) is 45.2 Å². The molecule has 0 radical (unpaired) electrons. The molecular formula is C22H28N2O4S. The van der Waals surface area contributed by atoms with Crippen LogP contribution >= 0.6 is 11.3 Å². The number of aromatic nitrogens is 1. The van der Waals surface area contributed by atoms with E-state index in [1.165, 1.54) is 18.4 Å². The average molecular weight is 417 g/mol. The summed E-state index contributed by atoms with van der Waals surface area (Å²) >= 11 is 1.50. The van der Waals surface area contributed by atoms with Crippen LogP contribution in [0.25, 0.3) is 10.6 Å². The fourth-order valence-electron chi connectivity index (χ4n) is 3.69. The summed E-state index contributed by atoms with van der Waals surface area (Å²) in [5.41, 5.74) is 0.768. The van der Waals surface area contributed by atoms with Crippen LogP contribution in [-0.2, 0) is 20.7 Å². The lowest BCUT2D eigenvalue weighted by Gasteiger charge is -2.37. The highest BCUT2D eigenvalue weighted by molar-refractivity contribution is 7.13. The van der Waals surface area contributed by atoms with Gasteiger partial charge in [-0.05, 0) is 62.8 Å². The van der Waals surface area contributed by atoms with Gasteiger partial charge in [-0.1, -0.05) is 6.92 Å². The molecule has 1 N–H and O–H groups in total. The molecule has 1 aromatic heterocycles. The van der Waals surface area contributed by atoms with E-state index in [1.54, 1.807) is 0 Å². The Morgan fingerprint density at radius 3 is 2.55 bits per heavy atom. The minimum absolute atomic E-state index is 0.141. The number of nitrogens with one attached hydrogen (secondary N) is 1. The lowest BCUT2D eigenvalue weighted by Crippen LogP contribution is -2.57. The summed E-state index contributed by atoms with van der Waals surface area (Å²) in [7, 11) is 1.37. The van der Waals surface area contributed by atoms with Crippen molar-refractivity contribution in [3.63, 3.8) is 0 Å². The molecule has 156 valence electrons. The topological polar surface area (TPSA) is 77.5 Å². The standard InChI is InChI=1S/C22H28N2O4S/c1-4-28-18-7-5-16(6-8-18)20-23-17(14-29-20)13-19(25)24-22(21(26)27-3)11-9-15(2)10-12-22/h5-8,14-15H,4,9-13H2,1-3H3,(H,24,25). The molecule has 0 saturated heterocycles. The maximum atomic E-state index is 12.7. The molecule has 1 aliphatic carbocycles. The summed E-state index contributed by atoms with van der Waals surface area (Å²) in [4.78, 5) is 29.7. The lowest BCUT2D eigenvalue weighted by atomic mass is 9.77. The van der Waals surface area contributed by atoms with Gasteiger partial charge < -0.3 is 14.8 Å². The van der Waals surface area contributed by atoms with Gasteiger partial charge in [-0.25, -0.2) is 9.78 Å². The van der Waals surface area contributed by atoms with Crippen molar-refractivity contribution in [1.82, 2.24) is 10.3 Å². The highest BCUT2D eigenvalue weighted by atomic mass is 32.1. The Kier molecular flexibility index (Phi) is 6.90. The van der Waals surface area contributed by atoms with Gasteiger partial charge in [0.25, 0.3) is 0 Å². The third kappa shape index (κ3) is 5.15. The number of carbonyl (C=O) groups excluding carboxylic acids is 2. The predicted octanol–water partition coefficient (Wildman–Crippen LogP) is 3.99. The van der Waals surface area contributed by atoms with E-state index in [0.717, 1.165) is 29.2 Å². The Labute approximate surface area is 175 Å². The molecule has 1 heterocycles. The molecule has 6 nitrogen and oxygen atoms in total. The Morgan fingerprint density at radius 1 is 1.24 bits per heavy atom. The van der Waals surface area contributed by atoms with Crippen molar-refractivity contribution >= 4 is 23.2 Å². The molecule has 1 fully saturated rings. The number of benzene rings is 1. The molecule has 1 saturated carbocycles. The normalized spacial score (nSPS) is 21.4. The molecule has 0 aliphatic heterocycles. The Morgan fingerprint density at radius 2 is 1.93 bits per heavy atom. The number of esters is 1. The van der Waals surface area contributed by atoms with Crippen LogP contribution in [0.5, 0.6) is 5.75 Å². The molecule has 0 spiro atoms. The molecule has 29 heavy (non-hydrogen) atoms. The van der Waals surface area contributed by atoms with Gasteiger partial charge in [0.15, 0.2) is 0 Å². The second kappa shape index (κ2) is 9.39. The maximum Gasteiger partial charge on any atom is 0.331 e. The van der Waals surface area contributed by atoms with Crippen LogP contribution in [0.15, 0.2) is 29.6 Å². The second-order valence-electron chi connectivity index (χ2n) is 7.58. The van der Waals surface area contributed by atoms with Gasteiger partial charge in [-0.3, -0.25) is 4.79 Å². The quantitative estimate of drug-likeness (QED) is 0.691. The Hall–Kier alpha value is -2.41. The molecule has 0 atom stereocenters. The summed E-state index contributed by atoms with van der Waals surface area (Å²) in [6.07, 6.45) is 3.16. The van der Waals surface area contributed by atoms with E-state index >= 15 is 0 Å². The van der Waals surface area contributed by atoms with E-state index < -0.39 is 5.54 Å². The van der Waals surface area contributed by atoms with E-state index in [9.17, 15) is 9.59 Å². The third-order valence-corrected chi connectivity index (χ3v) is 6.33.